The first-order valence-electron chi connectivity index (χ1n) is 8.02. The number of rotatable bonds is 1. The van der Waals surface area contributed by atoms with Gasteiger partial charge in [-0.2, -0.15) is 0 Å². The highest BCUT2D eigenvalue weighted by molar-refractivity contribution is 7.80. The van der Waals surface area contributed by atoms with Crippen molar-refractivity contribution in [1.82, 2.24) is 9.47 Å². The summed E-state index contributed by atoms with van der Waals surface area (Å²) in [5.74, 6) is 0. The lowest BCUT2D eigenvalue weighted by Crippen LogP contribution is -2.22. The number of nitrogens with zero attached hydrogens (tertiary/aromatic N) is 2. The van der Waals surface area contributed by atoms with Gasteiger partial charge in [-0.15, -0.1) is 0 Å². The zero-order chi connectivity index (χ0) is 17.7. The van der Waals surface area contributed by atoms with Crippen LogP contribution in [0.15, 0.2) is 36.4 Å². The van der Waals surface area contributed by atoms with E-state index >= 15 is 0 Å². The number of nitrogens with one attached hydrogen (secondary N) is 1. The molecule has 0 spiro atoms. The monoisotopic (exact) mass is 389 g/mol. The van der Waals surface area contributed by atoms with Crippen molar-refractivity contribution < 1.29 is 0 Å². The van der Waals surface area contributed by atoms with Gasteiger partial charge in [0.25, 0.3) is 0 Å². The smallest absolute Gasteiger partial charge is 0.182 e. The molecular weight excluding hydrogens is 373 g/mol. The second-order valence-corrected chi connectivity index (χ2v) is 7.74. The summed E-state index contributed by atoms with van der Waals surface area (Å²) in [5.41, 5.74) is 5.73. The van der Waals surface area contributed by atoms with Crippen LogP contribution >= 0.6 is 35.4 Å². The van der Waals surface area contributed by atoms with Gasteiger partial charge in [-0.25, -0.2) is 0 Å². The van der Waals surface area contributed by atoms with Gasteiger partial charge in [-0.1, -0.05) is 34.8 Å². The van der Waals surface area contributed by atoms with Crippen LogP contribution in [0, 0.1) is 6.92 Å². The molecule has 0 saturated carbocycles. The SMILES string of the molecule is Cc1ccc2c(c1)c1c(n2C(=S)Nc2ccc(Cl)cc2Cl)CN(C)C1. The van der Waals surface area contributed by atoms with E-state index in [9.17, 15) is 0 Å². The lowest BCUT2D eigenvalue weighted by molar-refractivity contribution is 0.350. The Hall–Kier alpha value is -1.59. The first kappa shape index (κ1) is 16.9. The maximum atomic E-state index is 6.29. The van der Waals surface area contributed by atoms with Crippen molar-refractivity contribution in [3.63, 3.8) is 0 Å². The number of hydrogen-bond acceptors (Lipinski definition) is 2. The van der Waals surface area contributed by atoms with Crippen LogP contribution < -0.4 is 5.32 Å². The summed E-state index contributed by atoms with van der Waals surface area (Å²) >= 11 is 18.0. The molecule has 0 amide bonds. The normalized spacial score (nSPS) is 14.1. The third-order valence-corrected chi connectivity index (χ3v) is 5.39. The fourth-order valence-electron chi connectivity index (χ4n) is 3.44. The molecule has 128 valence electrons. The molecule has 3 aromatic rings. The molecule has 4 rings (SSSR count). The van der Waals surface area contributed by atoms with Crippen molar-refractivity contribution in [2.24, 2.45) is 0 Å². The Bertz CT molecular complexity index is 1010. The molecule has 0 fully saturated rings. The van der Waals surface area contributed by atoms with Gasteiger partial charge in [0, 0.05) is 29.2 Å². The summed E-state index contributed by atoms with van der Waals surface area (Å²) in [4.78, 5) is 2.29. The molecule has 2 heterocycles. The summed E-state index contributed by atoms with van der Waals surface area (Å²) in [6.45, 7) is 3.93. The van der Waals surface area contributed by atoms with Crippen molar-refractivity contribution in [3.8, 4) is 0 Å². The van der Waals surface area contributed by atoms with Gasteiger partial charge in [0.1, 0.15) is 0 Å². The van der Waals surface area contributed by atoms with Crippen molar-refractivity contribution in [1.29, 1.82) is 0 Å². The number of thiocarbonyl (C=S) groups is 1. The van der Waals surface area contributed by atoms with E-state index in [1.807, 2.05) is 6.07 Å². The molecule has 1 aliphatic rings. The lowest BCUT2D eigenvalue weighted by atomic mass is 10.1. The summed E-state index contributed by atoms with van der Waals surface area (Å²) in [5, 5.41) is 6.32. The van der Waals surface area contributed by atoms with Crippen LogP contribution in [0.5, 0.6) is 0 Å². The molecule has 0 unspecified atom stereocenters. The van der Waals surface area contributed by atoms with Crippen molar-refractivity contribution in [2.45, 2.75) is 20.0 Å². The summed E-state index contributed by atoms with van der Waals surface area (Å²) in [6, 6.07) is 11.9. The zero-order valence-electron chi connectivity index (χ0n) is 13.9. The molecule has 2 aromatic carbocycles. The second kappa shape index (κ2) is 6.29. The van der Waals surface area contributed by atoms with Gasteiger partial charge in [-0.3, -0.25) is 9.47 Å². The van der Waals surface area contributed by atoms with Gasteiger partial charge in [0.05, 0.1) is 16.2 Å². The summed E-state index contributed by atoms with van der Waals surface area (Å²) in [7, 11) is 2.12. The van der Waals surface area contributed by atoms with Gasteiger partial charge < -0.3 is 5.32 Å². The van der Waals surface area contributed by atoms with Gasteiger partial charge in [0.15, 0.2) is 5.11 Å². The Kier molecular flexibility index (Phi) is 4.24. The van der Waals surface area contributed by atoms with Crippen molar-refractivity contribution in [2.75, 3.05) is 12.4 Å². The van der Waals surface area contributed by atoms with Gasteiger partial charge in [0.2, 0.25) is 0 Å². The molecule has 1 aliphatic heterocycles. The van der Waals surface area contributed by atoms with Crippen LogP contribution in [0.2, 0.25) is 10.0 Å². The number of aryl methyl sites for hydroxylation is 1. The fourth-order valence-corrected chi connectivity index (χ4v) is 4.21. The molecule has 3 nitrogen and oxygen atoms in total. The highest BCUT2D eigenvalue weighted by Crippen LogP contribution is 2.34. The van der Waals surface area contributed by atoms with Gasteiger partial charge >= 0.3 is 0 Å². The quantitative estimate of drug-likeness (QED) is 0.558. The first-order chi connectivity index (χ1) is 11.9. The highest BCUT2D eigenvalue weighted by Gasteiger charge is 2.26. The number of hydrogen-bond donors (Lipinski definition) is 1. The second-order valence-electron chi connectivity index (χ2n) is 6.51. The van der Waals surface area contributed by atoms with Crippen molar-refractivity contribution >= 4 is 57.1 Å². The standard InChI is InChI=1S/C19H17Cl2N3S/c1-11-3-6-17-13(7-11)14-9-23(2)10-18(14)24(17)19(25)22-16-5-4-12(20)8-15(16)21/h3-8H,9-10H2,1-2H3,(H,22,25). The lowest BCUT2D eigenvalue weighted by Gasteiger charge is -2.15. The minimum atomic E-state index is 0.552. The van der Waals surface area contributed by atoms with Crippen LogP contribution in [0.3, 0.4) is 0 Å². The predicted molar refractivity (Wildman–Crippen MR) is 110 cm³/mol. The minimum Gasteiger partial charge on any atom is -0.331 e. The van der Waals surface area contributed by atoms with Crippen LogP contribution in [0.25, 0.3) is 10.9 Å². The van der Waals surface area contributed by atoms with Crippen LogP contribution in [0.4, 0.5) is 5.69 Å². The summed E-state index contributed by atoms with van der Waals surface area (Å²) in [6.07, 6.45) is 0. The van der Waals surface area contributed by atoms with E-state index in [1.54, 1.807) is 12.1 Å². The largest absolute Gasteiger partial charge is 0.331 e. The van der Waals surface area contributed by atoms with E-state index < -0.39 is 0 Å². The number of benzene rings is 2. The fraction of sp³-hybridized carbons (Fsp3) is 0.211. The molecule has 0 atom stereocenters. The number of anilines is 1. The molecule has 25 heavy (non-hydrogen) atoms. The summed E-state index contributed by atoms with van der Waals surface area (Å²) < 4.78 is 2.13. The molecular formula is C19H17Cl2N3S. The maximum Gasteiger partial charge on any atom is 0.182 e. The Morgan fingerprint density at radius 1 is 1.12 bits per heavy atom. The molecule has 0 aliphatic carbocycles. The number of fused-ring (bicyclic) bond motifs is 3. The van der Waals surface area contributed by atoms with Crippen LogP contribution in [-0.4, -0.2) is 21.6 Å². The topological polar surface area (TPSA) is 20.2 Å². The number of aromatic nitrogens is 1. The van der Waals surface area contributed by atoms with Crippen LogP contribution in [-0.2, 0) is 13.1 Å². The zero-order valence-corrected chi connectivity index (χ0v) is 16.3. The maximum absolute atomic E-state index is 6.29. The average molecular weight is 390 g/mol. The minimum absolute atomic E-state index is 0.552. The Morgan fingerprint density at radius 3 is 2.68 bits per heavy atom. The van der Waals surface area contributed by atoms with E-state index in [1.165, 1.54) is 22.2 Å². The number of halogens is 2. The molecule has 6 heteroatoms. The molecule has 0 radical (unpaired) electrons. The third-order valence-electron chi connectivity index (χ3n) is 4.56. The third kappa shape index (κ3) is 2.93. The highest BCUT2D eigenvalue weighted by atomic mass is 35.5. The Balaban J connectivity index is 1.81. The first-order valence-corrected chi connectivity index (χ1v) is 9.18. The molecule has 1 N–H and O–H groups in total. The van der Waals surface area contributed by atoms with Gasteiger partial charge in [-0.05, 0) is 62.1 Å². The predicted octanol–water partition coefficient (Wildman–Crippen LogP) is 5.45. The van der Waals surface area contributed by atoms with E-state index in [-0.39, 0.29) is 0 Å². The molecule has 0 saturated heterocycles. The molecule has 0 bridgehead atoms. The van der Waals surface area contributed by atoms with E-state index in [0.29, 0.717) is 15.2 Å². The van der Waals surface area contributed by atoms with E-state index in [2.05, 4.69) is 47.0 Å². The van der Waals surface area contributed by atoms with E-state index in [0.717, 1.165) is 24.3 Å². The van der Waals surface area contributed by atoms with Crippen LogP contribution in [0.1, 0.15) is 16.8 Å². The molecule has 1 aromatic heterocycles. The Morgan fingerprint density at radius 2 is 1.92 bits per heavy atom. The van der Waals surface area contributed by atoms with Crippen molar-refractivity contribution in [3.05, 3.63) is 63.3 Å². The Labute approximate surface area is 162 Å². The average Bonchev–Trinajstić information content (AvgIpc) is 3.05. The van der Waals surface area contributed by atoms with E-state index in [4.69, 9.17) is 35.4 Å².